The number of hydrogen-bond acceptors (Lipinski definition) is 6. The number of hydrogen-bond donors (Lipinski definition) is 2. The van der Waals surface area contributed by atoms with Gasteiger partial charge in [0.15, 0.2) is 0 Å². The van der Waals surface area contributed by atoms with Gasteiger partial charge in [0.1, 0.15) is 0 Å². The van der Waals surface area contributed by atoms with Gasteiger partial charge in [-0.05, 0) is 77.4 Å². The van der Waals surface area contributed by atoms with Crippen molar-refractivity contribution in [3.05, 3.63) is 63.9 Å². The molecule has 1 fully saturated rings. The minimum Gasteiger partial charge on any atom is -0.332 e. The first-order valence-corrected chi connectivity index (χ1v) is 12.8. The fourth-order valence-electron chi connectivity index (χ4n) is 4.62. The van der Waals surface area contributed by atoms with E-state index in [0.717, 1.165) is 36.1 Å². The molecule has 2 aromatic heterocycles. The minimum absolute atomic E-state index is 0.0246. The second kappa shape index (κ2) is 10.9. The van der Waals surface area contributed by atoms with E-state index in [1.807, 2.05) is 40.6 Å². The van der Waals surface area contributed by atoms with E-state index in [2.05, 4.69) is 46.7 Å². The van der Waals surface area contributed by atoms with Crippen molar-refractivity contribution < 1.29 is 9.59 Å². The summed E-state index contributed by atoms with van der Waals surface area (Å²) in [4.78, 5) is 28.8. The van der Waals surface area contributed by atoms with E-state index in [0.29, 0.717) is 18.0 Å². The first-order valence-electron chi connectivity index (χ1n) is 12.0. The number of anilines is 1. The highest BCUT2D eigenvalue weighted by Crippen LogP contribution is 2.39. The Balaban J connectivity index is 1.46. The number of tetrazole rings is 1. The molecule has 2 N–H and O–H groups in total. The molecule has 8 nitrogen and oxygen atoms in total. The molecular weight excluding hydrogens is 460 g/mol. The number of carbonyl (C=O) groups is 2. The van der Waals surface area contributed by atoms with Crippen LogP contribution < -0.4 is 5.32 Å². The van der Waals surface area contributed by atoms with Gasteiger partial charge in [0.05, 0.1) is 0 Å². The molecule has 3 aromatic rings. The van der Waals surface area contributed by atoms with Crippen LogP contribution in [0, 0.1) is 11.3 Å². The number of nitrogens with one attached hydrogen (secondary N) is 2. The molecular formula is C26H32N6O2S. The largest absolute Gasteiger partial charge is 0.332 e. The summed E-state index contributed by atoms with van der Waals surface area (Å²) in [6.07, 6.45) is 7.85. The Hall–Kier alpha value is -3.33. The van der Waals surface area contributed by atoms with Gasteiger partial charge in [-0.3, -0.25) is 14.9 Å². The zero-order valence-corrected chi connectivity index (χ0v) is 21.2. The lowest BCUT2D eigenvalue weighted by atomic mass is 9.71. The number of benzene rings is 1. The fraction of sp³-hybridized carbons (Fsp3) is 0.423. The number of carbonyl (C=O) groups excluding carboxylic acids is 2. The van der Waals surface area contributed by atoms with Gasteiger partial charge in [0.25, 0.3) is 11.9 Å². The normalized spacial score (nSPS) is 18.5. The van der Waals surface area contributed by atoms with Crippen LogP contribution in [0.1, 0.15) is 67.3 Å². The topological polar surface area (TPSA) is 104 Å². The van der Waals surface area contributed by atoms with Crippen LogP contribution in [0.15, 0.2) is 47.9 Å². The zero-order chi connectivity index (χ0) is 24.8. The summed E-state index contributed by atoms with van der Waals surface area (Å²) in [5.41, 5.74) is 1.76. The summed E-state index contributed by atoms with van der Waals surface area (Å²) in [5, 5.41) is 17.8. The number of aromatic amines is 1. The molecule has 1 saturated carbocycles. The molecule has 35 heavy (non-hydrogen) atoms. The van der Waals surface area contributed by atoms with Crippen LogP contribution in [0.4, 0.5) is 5.95 Å². The van der Waals surface area contributed by atoms with Gasteiger partial charge in [0.2, 0.25) is 5.91 Å². The molecule has 0 aliphatic heterocycles. The van der Waals surface area contributed by atoms with Crippen LogP contribution >= 0.6 is 11.3 Å². The Morgan fingerprint density at radius 2 is 1.89 bits per heavy atom. The first kappa shape index (κ1) is 24.8. The van der Waals surface area contributed by atoms with Gasteiger partial charge in [-0.1, -0.05) is 44.1 Å². The van der Waals surface area contributed by atoms with Crippen molar-refractivity contribution in [2.75, 3.05) is 5.32 Å². The van der Waals surface area contributed by atoms with Gasteiger partial charge < -0.3 is 4.90 Å². The van der Waals surface area contributed by atoms with Crippen molar-refractivity contribution in [1.82, 2.24) is 25.5 Å². The van der Waals surface area contributed by atoms with Crippen molar-refractivity contribution in [2.24, 2.45) is 11.3 Å². The predicted octanol–water partition coefficient (Wildman–Crippen LogP) is 5.16. The third kappa shape index (κ3) is 6.63. The van der Waals surface area contributed by atoms with Gasteiger partial charge in [-0.25, -0.2) is 0 Å². The molecule has 2 amide bonds. The molecule has 0 saturated heterocycles. The van der Waals surface area contributed by atoms with Crippen LogP contribution in [0.2, 0.25) is 0 Å². The minimum atomic E-state index is -0.315. The number of amides is 2. The van der Waals surface area contributed by atoms with E-state index in [4.69, 9.17) is 0 Å². The monoisotopic (exact) mass is 492 g/mol. The van der Waals surface area contributed by atoms with Crippen molar-refractivity contribution >= 4 is 35.2 Å². The smallest absolute Gasteiger partial charge is 0.270 e. The van der Waals surface area contributed by atoms with Crippen LogP contribution in [-0.4, -0.2) is 43.4 Å². The molecule has 1 aliphatic rings. The molecule has 0 unspecified atom stereocenters. The SMILES string of the molecule is CC(C)(C)C1CCC(N(Cc2ccc(C(=O)Nc3nn[nH]n3)cc2)C(=O)C=Cc2cccs2)CC1. The molecule has 0 bridgehead atoms. The van der Waals surface area contributed by atoms with E-state index in [-0.39, 0.29) is 29.2 Å². The van der Waals surface area contributed by atoms with Gasteiger partial charge in [0, 0.05) is 29.1 Å². The summed E-state index contributed by atoms with van der Waals surface area (Å²) in [6.45, 7) is 7.43. The quantitative estimate of drug-likeness (QED) is 0.443. The lowest BCUT2D eigenvalue weighted by Crippen LogP contribution is -2.42. The number of aromatic nitrogens is 4. The molecule has 184 valence electrons. The Morgan fingerprint density at radius 1 is 1.14 bits per heavy atom. The highest BCUT2D eigenvalue weighted by Gasteiger charge is 2.33. The lowest BCUT2D eigenvalue weighted by Gasteiger charge is -2.41. The number of nitrogens with zero attached hydrogens (tertiary/aromatic N) is 4. The van der Waals surface area contributed by atoms with Crippen LogP contribution in [0.5, 0.6) is 0 Å². The third-order valence-corrected chi connectivity index (χ3v) is 7.56. The number of rotatable bonds is 7. The van der Waals surface area contributed by atoms with E-state index in [9.17, 15) is 9.59 Å². The maximum absolute atomic E-state index is 13.3. The standard InChI is InChI=1S/C26H32N6O2S/c1-26(2,3)20-10-12-21(13-11-20)32(23(33)15-14-22-5-4-16-35-22)17-18-6-8-19(9-7-18)24(34)27-25-28-30-31-29-25/h4-9,14-16,20-21H,10-13,17H2,1-3H3,(H2,27,28,29,30,31,34). The second-order valence-corrected chi connectivity index (χ2v) is 11.1. The number of thiophene rings is 1. The molecule has 0 radical (unpaired) electrons. The molecule has 4 rings (SSSR count). The Bertz CT molecular complexity index is 1130. The molecule has 2 heterocycles. The van der Waals surface area contributed by atoms with E-state index >= 15 is 0 Å². The van der Waals surface area contributed by atoms with E-state index in [1.54, 1.807) is 29.5 Å². The summed E-state index contributed by atoms with van der Waals surface area (Å²) < 4.78 is 0. The van der Waals surface area contributed by atoms with Crippen molar-refractivity contribution in [3.8, 4) is 0 Å². The van der Waals surface area contributed by atoms with E-state index in [1.165, 1.54) is 0 Å². The third-order valence-electron chi connectivity index (χ3n) is 6.72. The second-order valence-electron chi connectivity index (χ2n) is 10.1. The average molecular weight is 493 g/mol. The Morgan fingerprint density at radius 3 is 2.49 bits per heavy atom. The molecule has 1 aromatic carbocycles. The first-order chi connectivity index (χ1) is 16.8. The zero-order valence-electron chi connectivity index (χ0n) is 20.4. The van der Waals surface area contributed by atoms with Crippen molar-refractivity contribution in [2.45, 2.75) is 59.0 Å². The molecule has 0 spiro atoms. The number of H-pyrrole nitrogens is 1. The fourth-order valence-corrected chi connectivity index (χ4v) is 5.24. The Labute approximate surface area is 209 Å². The molecule has 0 atom stereocenters. The maximum Gasteiger partial charge on any atom is 0.270 e. The maximum atomic E-state index is 13.3. The summed E-state index contributed by atoms with van der Waals surface area (Å²) in [6, 6.07) is 11.5. The van der Waals surface area contributed by atoms with Gasteiger partial charge in [-0.2, -0.15) is 5.21 Å². The summed E-state index contributed by atoms with van der Waals surface area (Å²) in [5.74, 6) is 0.510. The molecule has 9 heteroatoms. The van der Waals surface area contributed by atoms with Crippen LogP contribution in [0.3, 0.4) is 0 Å². The van der Waals surface area contributed by atoms with Gasteiger partial charge >= 0.3 is 0 Å². The average Bonchev–Trinajstić information content (AvgIpc) is 3.55. The highest BCUT2D eigenvalue weighted by molar-refractivity contribution is 7.10. The van der Waals surface area contributed by atoms with Crippen LogP contribution in [-0.2, 0) is 11.3 Å². The lowest BCUT2D eigenvalue weighted by molar-refractivity contribution is -0.130. The molecule has 1 aliphatic carbocycles. The Kier molecular flexibility index (Phi) is 7.75. The summed E-state index contributed by atoms with van der Waals surface area (Å²) in [7, 11) is 0. The van der Waals surface area contributed by atoms with Crippen LogP contribution in [0.25, 0.3) is 6.08 Å². The predicted molar refractivity (Wildman–Crippen MR) is 138 cm³/mol. The van der Waals surface area contributed by atoms with Crippen molar-refractivity contribution in [3.63, 3.8) is 0 Å². The van der Waals surface area contributed by atoms with Gasteiger partial charge in [-0.15, -0.1) is 16.4 Å². The van der Waals surface area contributed by atoms with E-state index < -0.39 is 0 Å². The van der Waals surface area contributed by atoms with Crippen molar-refractivity contribution in [1.29, 1.82) is 0 Å². The summed E-state index contributed by atoms with van der Waals surface area (Å²) >= 11 is 1.61. The highest BCUT2D eigenvalue weighted by atomic mass is 32.1.